The van der Waals surface area contributed by atoms with Crippen LogP contribution in [-0.4, -0.2) is 42.4 Å². The molecule has 1 atom stereocenters. The molecule has 0 bridgehead atoms. The van der Waals surface area contributed by atoms with Crippen LogP contribution in [0.25, 0.3) is 0 Å². The van der Waals surface area contributed by atoms with Gasteiger partial charge in [-0.05, 0) is 30.2 Å². The van der Waals surface area contributed by atoms with Crippen molar-refractivity contribution in [1.29, 1.82) is 0 Å². The maximum atomic E-state index is 13.3. The van der Waals surface area contributed by atoms with Crippen LogP contribution in [0.2, 0.25) is 0 Å². The Kier molecular flexibility index (Phi) is 6.34. The minimum Gasteiger partial charge on any atom is -0.378 e. The number of anilines is 2. The molecule has 162 valence electrons. The van der Waals surface area contributed by atoms with E-state index in [1.165, 1.54) is 22.6 Å². The lowest BCUT2D eigenvalue weighted by atomic mass is 9.70. The van der Waals surface area contributed by atoms with Crippen molar-refractivity contribution in [3.05, 3.63) is 70.7 Å². The van der Waals surface area contributed by atoms with Gasteiger partial charge in [-0.25, -0.2) is 0 Å². The molecule has 7 heteroatoms. The van der Waals surface area contributed by atoms with E-state index < -0.39 is 5.41 Å². The Hall–Kier alpha value is -2.77. The molecule has 1 unspecified atom stereocenters. The summed E-state index contributed by atoms with van der Waals surface area (Å²) in [6.07, 6.45) is 0. The van der Waals surface area contributed by atoms with Gasteiger partial charge < -0.3 is 15.0 Å². The SMILES string of the molecule is Cc1cccc(C(c2ccc(N3CCOCC3)cc2)C(C)(C)C(=O)Nc2nncs2)c1. The van der Waals surface area contributed by atoms with Gasteiger partial charge in [0.25, 0.3) is 0 Å². The average Bonchev–Trinajstić information content (AvgIpc) is 3.28. The topological polar surface area (TPSA) is 67.3 Å². The maximum Gasteiger partial charge on any atom is 0.232 e. The number of amides is 1. The lowest BCUT2D eigenvalue weighted by Crippen LogP contribution is -2.37. The van der Waals surface area contributed by atoms with E-state index in [4.69, 9.17) is 4.74 Å². The fourth-order valence-electron chi connectivity index (χ4n) is 4.19. The number of morpholine rings is 1. The Morgan fingerprint density at radius 1 is 1.13 bits per heavy atom. The van der Waals surface area contributed by atoms with Gasteiger partial charge in [-0.15, -0.1) is 10.2 Å². The largest absolute Gasteiger partial charge is 0.378 e. The van der Waals surface area contributed by atoms with Gasteiger partial charge in [0.05, 0.1) is 18.6 Å². The second kappa shape index (κ2) is 9.16. The van der Waals surface area contributed by atoms with Gasteiger partial charge in [-0.3, -0.25) is 4.79 Å². The summed E-state index contributed by atoms with van der Waals surface area (Å²) in [7, 11) is 0. The first-order valence-corrected chi connectivity index (χ1v) is 11.4. The van der Waals surface area contributed by atoms with Crippen LogP contribution in [0, 0.1) is 12.3 Å². The molecule has 3 aromatic rings. The summed E-state index contributed by atoms with van der Waals surface area (Å²) in [6, 6.07) is 17.0. The zero-order chi connectivity index (χ0) is 21.8. The Balaban J connectivity index is 1.68. The molecule has 0 saturated carbocycles. The van der Waals surface area contributed by atoms with Crippen molar-refractivity contribution in [2.24, 2.45) is 5.41 Å². The molecule has 0 aliphatic carbocycles. The van der Waals surface area contributed by atoms with Crippen molar-refractivity contribution in [2.45, 2.75) is 26.7 Å². The highest BCUT2D eigenvalue weighted by Crippen LogP contribution is 2.42. The molecule has 1 saturated heterocycles. The van der Waals surface area contributed by atoms with E-state index in [-0.39, 0.29) is 11.8 Å². The third kappa shape index (κ3) is 4.78. The Labute approximate surface area is 187 Å². The van der Waals surface area contributed by atoms with Crippen LogP contribution in [0.1, 0.15) is 36.5 Å². The molecular weight excluding hydrogens is 408 g/mol. The molecule has 1 aliphatic rings. The molecule has 1 N–H and O–H groups in total. The van der Waals surface area contributed by atoms with E-state index in [2.05, 4.69) is 75.9 Å². The zero-order valence-electron chi connectivity index (χ0n) is 18.2. The average molecular weight is 437 g/mol. The predicted molar refractivity (Wildman–Crippen MR) is 125 cm³/mol. The summed E-state index contributed by atoms with van der Waals surface area (Å²) in [5, 5.41) is 11.3. The summed E-state index contributed by atoms with van der Waals surface area (Å²) in [6.45, 7) is 9.38. The first-order valence-electron chi connectivity index (χ1n) is 10.5. The number of nitrogens with zero attached hydrogens (tertiary/aromatic N) is 3. The Morgan fingerprint density at radius 3 is 2.52 bits per heavy atom. The van der Waals surface area contributed by atoms with Crippen LogP contribution in [0.15, 0.2) is 54.0 Å². The van der Waals surface area contributed by atoms with Crippen molar-refractivity contribution < 1.29 is 9.53 Å². The number of hydrogen-bond donors (Lipinski definition) is 1. The molecule has 2 aromatic carbocycles. The van der Waals surface area contributed by atoms with Crippen LogP contribution in [0.5, 0.6) is 0 Å². The van der Waals surface area contributed by atoms with Gasteiger partial charge in [0, 0.05) is 24.7 Å². The molecule has 31 heavy (non-hydrogen) atoms. The zero-order valence-corrected chi connectivity index (χ0v) is 19.0. The molecule has 2 heterocycles. The maximum absolute atomic E-state index is 13.3. The highest BCUT2D eigenvalue weighted by molar-refractivity contribution is 7.13. The van der Waals surface area contributed by atoms with Crippen LogP contribution in [0.4, 0.5) is 10.8 Å². The van der Waals surface area contributed by atoms with Gasteiger partial charge in [0.15, 0.2) is 0 Å². The van der Waals surface area contributed by atoms with Gasteiger partial charge in [-0.2, -0.15) is 0 Å². The number of aromatic nitrogens is 2. The van der Waals surface area contributed by atoms with Crippen molar-refractivity contribution in [3.8, 4) is 0 Å². The van der Waals surface area contributed by atoms with Gasteiger partial charge in [0.2, 0.25) is 11.0 Å². The van der Waals surface area contributed by atoms with Gasteiger partial charge >= 0.3 is 0 Å². The minimum absolute atomic E-state index is 0.0759. The number of aryl methyl sites for hydroxylation is 1. The van der Waals surface area contributed by atoms with E-state index in [0.29, 0.717) is 5.13 Å². The standard InChI is InChI=1S/C24H28N4O2S/c1-17-5-4-6-19(15-17)21(24(2,3)22(29)26-23-27-25-16-31-23)18-7-9-20(10-8-18)28-11-13-30-14-12-28/h4-10,15-16,21H,11-14H2,1-3H3,(H,26,27,29). The lowest BCUT2D eigenvalue weighted by molar-refractivity contribution is -0.124. The molecule has 1 aliphatic heterocycles. The summed E-state index contributed by atoms with van der Waals surface area (Å²) in [5.74, 6) is -0.188. The van der Waals surface area contributed by atoms with Crippen molar-refractivity contribution in [1.82, 2.24) is 10.2 Å². The normalized spacial score (nSPS) is 15.5. The molecule has 0 spiro atoms. The fraction of sp³-hybridized carbons (Fsp3) is 0.375. The molecule has 1 aromatic heterocycles. The number of hydrogen-bond acceptors (Lipinski definition) is 6. The van der Waals surface area contributed by atoms with E-state index in [0.717, 1.165) is 37.4 Å². The van der Waals surface area contributed by atoms with E-state index in [9.17, 15) is 4.79 Å². The lowest BCUT2D eigenvalue weighted by Gasteiger charge is -2.34. The van der Waals surface area contributed by atoms with Crippen molar-refractivity contribution in [2.75, 3.05) is 36.5 Å². The molecular formula is C24H28N4O2S. The number of benzene rings is 2. The second-order valence-electron chi connectivity index (χ2n) is 8.46. The molecule has 6 nitrogen and oxygen atoms in total. The molecule has 4 rings (SSSR count). The number of ether oxygens (including phenoxy) is 1. The predicted octanol–water partition coefficient (Wildman–Crippen LogP) is 4.48. The smallest absolute Gasteiger partial charge is 0.232 e. The monoisotopic (exact) mass is 436 g/mol. The second-order valence-corrected chi connectivity index (χ2v) is 9.29. The third-order valence-electron chi connectivity index (χ3n) is 5.87. The molecule has 1 amide bonds. The minimum atomic E-state index is -0.708. The van der Waals surface area contributed by atoms with Crippen LogP contribution >= 0.6 is 11.3 Å². The van der Waals surface area contributed by atoms with E-state index >= 15 is 0 Å². The quantitative estimate of drug-likeness (QED) is 0.617. The van der Waals surface area contributed by atoms with E-state index in [1.54, 1.807) is 5.51 Å². The van der Waals surface area contributed by atoms with Gasteiger partial charge in [0.1, 0.15) is 5.51 Å². The Morgan fingerprint density at radius 2 is 1.87 bits per heavy atom. The van der Waals surface area contributed by atoms with Crippen molar-refractivity contribution in [3.63, 3.8) is 0 Å². The number of carbonyl (C=O) groups excluding carboxylic acids is 1. The summed E-state index contributed by atoms with van der Waals surface area (Å²) < 4.78 is 5.47. The highest BCUT2D eigenvalue weighted by atomic mass is 32.1. The first-order chi connectivity index (χ1) is 14.9. The molecule has 0 radical (unpaired) electrons. The summed E-state index contributed by atoms with van der Waals surface area (Å²) in [4.78, 5) is 15.7. The summed E-state index contributed by atoms with van der Waals surface area (Å²) >= 11 is 1.32. The highest BCUT2D eigenvalue weighted by Gasteiger charge is 2.39. The Bertz CT molecular complexity index is 1010. The number of rotatable bonds is 6. The third-order valence-corrected chi connectivity index (χ3v) is 6.47. The van der Waals surface area contributed by atoms with Crippen molar-refractivity contribution >= 4 is 28.1 Å². The number of nitrogens with one attached hydrogen (secondary N) is 1. The number of carbonyl (C=O) groups is 1. The van der Waals surface area contributed by atoms with Crippen LogP contribution in [0.3, 0.4) is 0 Å². The molecule has 1 fully saturated rings. The summed E-state index contributed by atoms with van der Waals surface area (Å²) in [5.41, 5.74) is 5.50. The van der Waals surface area contributed by atoms with E-state index in [1.807, 2.05) is 13.8 Å². The van der Waals surface area contributed by atoms with Crippen LogP contribution < -0.4 is 10.2 Å². The van der Waals surface area contributed by atoms with Crippen LogP contribution in [-0.2, 0) is 9.53 Å². The van der Waals surface area contributed by atoms with Gasteiger partial charge in [-0.1, -0.05) is 67.1 Å². The fourth-order valence-corrected chi connectivity index (χ4v) is 4.63. The first kappa shape index (κ1) is 21.5.